The van der Waals surface area contributed by atoms with Gasteiger partial charge in [0.25, 0.3) is 0 Å². The summed E-state index contributed by atoms with van der Waals surface area (Å²) in [6.07, 6.45) is 1.66. The summed E-state index contributed by atoms with van der Waals surface area (Å²) < 4.78 is 5.25. The molecule has 102 valence electrons. The number of benzene rings is 1. The van der Waals surface area contributed by atoms with Gasteiger partial charge in [-0.15, -0.1) is 17.0 Å². The maximum atomic E-state index is 5.25. The van der Waals surface area contributed by atoms with E-state index in [-0.39, 0.29) is 17.0 Å². The van der Waals surface area contributed by atoms with Crippen molar-refractivity contribution in [3.8, 4) is 0 Å². The SMILES string of the molecule is Br.CN=C(NCc1ccccc1)NCc1ccco1. The van der Waals surface area contributed by atoms with E-state index in [1.165, 1.54) is 5.56 Å². The zero-order valence-electron chi connectivity index (χ0n) is 10.8. The topological polar surface area (TPSA) is 49.6 Å². The van der Waals surface area contributed by atoms with E-state index in [0.29, 0.717) is 6.54 Å². The summed E-state index contributed by atoms with van der Waals surface area (Å²) in [6.45, 7) is 1.38. The lowest BCUT2D eigenvalue weighted by Gasteiger charge is -2.10. The molecule has 0 aliphatic heterocycles. The molecule has 0 atom stereocenters. The van der Waals surface area contributed by atoms with Crippen molar-refractivity contribution in [1.82, 2.24) is 10.6 Å². The Bertz CT molecular complexity index is 483. The number of guanidine groups is 1. The zero-order valence-corrected chi connectivity index (χ0v) is 12.5. The number of nitrogens with zero attached hydrogens (tertiary/aromatic N) is 1. The second-order valence-corrected chi connectivity index (χ2v) is 3.84. The Hall–Kier alpha value is -1.75. The predicted molar refractivity (Wildman–Crippen MR) is 82.5 cm³/mol. The molecule has 0 fully saturated rings. The van der Waals surface area contributed by atoms with Crippen LogP contribution in [0, 0.1) is 0 Å². The van der Waals surface area contributed by atoms with E-state index in [2.05, 4.69) is 27.8 Å². The molecule has 0 spiro atoms. The molecule has 5 heteroatoms. The third-order valence-corrected chi connectivity index (χ3v) is 2.54. The zero-order chi connectivity index (χ0) is 12.6. The molecule has 0 aliphatic carbocycles. The van der Waals surface area contributed by atoms with Gasteiger partial charge in [-0.25, -0.2) is 0 Å². The number of hydrogen-bond acceptors (Lipinski definition) is 2. The first-order chi connectivity index (χ1) is 8.88. The molecule has 0 aliphatic rings. The van der Waals surface area contributed by atoms with Crippen molar-refractivity contribution >= 4 is 22.9 Å². The van der Waals surface area contributed by atoms with Crippen molar-refractivity contribution in [3.63, 3.8) is 0 Å². The van der Waals surface area contributed by atoms with Crippen LogP contribution in [0.4, 0.5) is 0 Å². The molecule has 1 heterocycles. The summed E-state index contributed by atoms with van der Waals surface area (Å²) in [5.41, 5.74) is 1.22. The predicted octanol–water partition coefficient (Wildman–Crippen LogP) is 2.72. The maximum Gasteiger partial charge on any atom is 0.191 e. The van der Waals surface area contributed by atoms with Gasteiger partial charge in [0.15, 0.2) is 5.96 Å². The van der Waals surface area contributed by atoms with Gasteiger partial charge < -0.3 is 15.1 Å². The van der Waals surface area contributed by atoms with Gasteiger partial charge in [-0.05, 0) is 17.7 Å². The van der Waals surface area contributed by atoms with Gasteiger partial charge in [0.1, 0.15) is 5.76 Å². The molecule has 1 aromatic carbocycles. The van der Waals surface area contributed by atoms with Crippen LogP contribution < -0.4 is 10.6 Å². The summed E-state index contributed by atoms with van der Waals surface area (Å²) in [5, 5.41) is 6.43. The molecule has 4 nitrogen and oxygen atoms in total. The van der Waals surface area contributed by atoms with Crippen LogP contribution >= 0.6 is 17.0 Å². The fraction of sp³-hybridized carbons (Fsp3) is 0.214. The minimum atomic E-state index is 0. The fourth-order valence-electron chi connectivity index (χ4n) is 1.59. The molecular weight excluding hydrogens is 306 g/mol. The van der Waals surface area contributed by atoms with E-state index in [4.69, 9.17) is 4.42 Å². The Kier molecular flexibility index (Phi) is 6.74. The van der Waals surface area contributed by atoms with Crippen LogP contribution in [0.1, 0.15) is 11.3 Å². The largest absolute Gasteiger partial charge is 0.467 e. The van der Waals surface area contributed by atoms with Gasteiger partial charge in [-0.3, -0.25) is 4.99 Å². The Morgan fingerprint density at radius 2 is 1.79 bits per heavy atom. The molecule has 0 saturated heterocycles. The van der Waals surface area contributed by atoms with Crippen LogP contribution in [0.2, 0.25) is 0 Å². The summed E-state index contributed by atoms with van der Waals surface area (Å²) >= 11 is 0. The minimum Gasteiger partial charge on any atom is -0.467 e. The summed E-state index contributed by atoms with van der Waals surface area (Å²) in [5.74, 6) is 1.65. The van der Waals surface area contributed by atoms with Crippen molar-refractivity contribution in [2.75, 3.05) is 7.05 Å². The van der Waals surface area contributed by atoms with E-state index >= 15 is 0 Å². The summed E-state index contributed by atoms with van der Waals surface area (Å²) in [6, 6.07) is 14.0. The first-order valence-corrected chi connectivity index (χ1v) is 5.89. The van der Waals surface area contributed by atoms with Gasteiger partial charge in [-0.1, -0.05) is 30.3 Å². The summed E-state index contributed by atoms with van der Waals surface area (Å²) in [7, 11) is 1.75. The van der Waals surface area contributed by atoms with Gasteiger partial charge in [0.2, 0.25) is 0 Å². The van der Waals surface area contributed by atoms with Gasteiger partial charge in [0, 0.05) is 13.6 Å². The van der Waals surface area contributed by atoms with E-state index in [1.807, 2.05) is 30.3 Å². The van der Waals surface area contributed by atoms with Crippen LogP contribution in [-0.2, 0) is 13.1 Å². The van der Waals surface area contributed by atoms with E-state index < -0.39 is 0 Å². The standard InChI is InChI=1S/C14H17N3O.BrH/c1-15-14(17-11-13-8-5-9-18-13)16-10-12-6-3-2-4-7-12;/h2-9H,10-11H2,1H3,(H2,15,16,17);1H. The lowest BCUT2D eigenvalue weighted by atomic mass is 10.2. The lowest BCUT2D eigenvalue weighted by Crippen LogP contribution is -2.36. The second-order valence-electron chi connectivity index (χ2n) is 3.84. The van der Waals surface area contributed by atoms with Crippen molar-refractivity contribution in [2.24, 2.45) is 4.99 Å². The molecule has 2 N–H and O–H groups in total. The van der Waals surface area contributed by atoms with Gasteiger partial charge in [0.05, 0.1) is 12.8 Å². The number of nitrogens with one attached hydrogen (secondary N) is 2. The third kappa shape index (κ3) is 5.18. The molecule has 2 aromatic rings. The highest BCUT2D eigenvalue weighted by Gasteiger charge is 1.99. The number of furan rings is 1. The number of halogens is 1. The van der Waals surface area contributed by atoms with Crippen molar-refractivity contribution in [2.45, 2.75) is 13.1 Å². The average Bonchev–Trinajstić information content (AvgIpc) is 2.93. The number of hydrogen-bond donors (Lipinski definition) is 2. The fourth-order valence-corrected chi connectivity index (χ4v) is 1.59. The smallest absolute Gasteiger partial charge is 0.191 e. The number of aliphatic imine (C=N–C) groups is 1. The Morgan fingerprint density at radius 3 is 2.42 bits per heavy atom. The molecule has 0 radical (unpaired) electrons. The van der Waals surface area contributed by atoms with Crippen LogP contribution in [-0.4, -0.2) is 13.0 Å². The van der Waals surface area contributed by atoms with Gasteiger partial charge >= 0.3 is 0 Å². The van der Waals surface area contributed by atoms with Crippen molar-refractivity contribution in [1.29, 1.82) is 0 Å². The second kappa shape index (κ2) is 8.37. The monoisotopic (exact) mass is 323 g/mol. The highest BCUT2D eigenvalue weighted by atomic mass is 79.9. The molecule has 0 bridgehead atoms. The van der Waals surface area contributed by atoms with Crippen molar-refractivity contribution < 1.29 is 4.42 Å². The quantitative estimate of drug-likeness (QED) is 0.672. The number of rotatable bonds is 4. The summed E-state index contributed by atoms with van der Waals surface area (Å²) in [4.78, 5) is 4.16. The Balaban J connectivity index is 0.00000180. The van der Waals surface area contributed by atoms with Crippen molar-refractivity contribution in [3.05, 3.63) is 60.1 Å². The first kappa shape index (κ1) is 15.3. The molecule has 0 saturated carbocycles. The highest BCUT2D eigenvalue weighted by Crippen LogP contribution is 1.99. The maximum absolute atomic E-state index is 5.25. The first-order valence-electron chi connectivity index (χ1n) is 5.89. The van der Waals surface area contributed by atoms with E-state index in [9.17, 15) is 0 Å². The van der Waals surface area contributed by atoms with E-state index in [0.717, 1.165) is 18.3 Å². The molecule has 0 unspecified atom stereocenters. The van der Waals surface area contributed by atoms with E-state index in [1.54, 1.807) is 13.3 Å². The molecule has 19 heavy (non-hydrogen) atoms. The Morgan fingerprint density at radius 1 is 1.05 bits per heavy atom. The molecular formula is C14H18BrN3O. The van der Waals surface area contributed by atoms with Crippen LogP contribution in [0.5, 0.6) is 0 Å². The third-order valence-electron chi connectivity index (χ3n) is 2.54. The lowest BCUT2D eigenvalue weighted by molar-refractivity contribution is 0.501. The minimum absolute atomic E-state index is 0. The van der Waals surface area contributed by atoms with Gasteiger partial charge in [-0.2, -0.15) is 0 Å². The molecule has 2 rings (SSSR count). The molecule has 0 amide bonds. The van der Waals surface area contributed by atoms with Crippen LogP contribution in [0.25, 0.3) is 0 Å². The molecule has 1 aromatic heterocycles. The van der Waals surface area contributed by atoms with Crippen LogP contribution in [0.3, 0.4) is 0 Å². The Labute approximate surface area is 123 Å². The average molecular weight is 324 g/mol. The normalized spacial score (nSPS) is 10.7. The highest BCUT2D eigenvalue weighted by molar-refractivity contribution is 8.93. The van der Waals surface area contributed by atoms with Crippen LogP contribution in [0.15, 0.2) is 58.1 Å².